The van der Waals surface area contributed by atoms with Crippen molar-refractivity contribution in [2.45, 2.75) is 43.8 Å². The van der Waals surface area contributed by atoms with Gasteiger partial charge in [0.1, 0.15) is 28.5 Å². The molecule has 2 atom stereocenters. The van der Waals surface area contributed by atoms with E-state index in [1.54, 1.807) is 11.0 Å². The second-order valence-corrected chi connectivity index (χ2v) is 11.2. The molecular weight excluding hydrogens is 540 g/mol. The highest BCUT2D eigenvalue weighted by molar-refractivity contribution is 8.15. The highest BCUT2D eigenvalue weighted by Crippen LogP contribution is 2.39. The quantitative estimate of drug-likeness (QED) is 0.341. The molecule has 1 saturated heterocycles. The van der Waals surface area contributed by atoms with Crippen LogP contribution in [0.25, 0.3) is 11.1 Å². The van der Waals surface area contributed by atoms with Gasteiger partial charge in [-0.3, -0.25) is 30.3 Å². The van der Waals surface area contributed by atoms with E-state index in [0.29, 0.717) is 34.5 Å². The van der Waals surface area contributed by atoms with Gasteiger partial charge in [-0.05, 0) is 56.9 Å². The van der Waals surface area contributed by atoms with Crippen LogP contribution < -0.4 is 20.4 Å². The number of hydrogen-bond acceptors (Lipinski definition) is 10. The van der Waals surface area contributed by atoms with Crippen molar-refractivity contribution in [1.82, 2.24) is 25.6 Å². The van der Waals surface area contributed by atoms with Crippen LogP contribution in [0.4, 0.5) is 14.6 Å². The van der Waals surface area contributed by atoms with Crippen molar-refractivity contribution >= 4 is 28.5 Å². The van der Waals surface area contributed by atoms with E-state index < -0.39 is 23.3 Å². The Labute approximate surface area is 235 Å². The minimum absolute atomic E-state index is 0.130. The first-order valence-corrected chi connectivity index (χ1v) is 13.9. The zero-order chi connectivity index (χ0) is 28.4. The van der Waals surface area contributed by atoms with E-state index >= 15 is 0 Å². The number of rotatable bonds is 7. The van der Waals surface area contributed by atoms with Crippen LogP contribution in [0.3, 0.4) is 0 Å². The summed E-state index contributed by atoms with van der Waals surface area (Å²) in [6.45, 7) is 2.96. The number of aromatic nitrogens is 2. The van der Waals surface area contributed by atoms with Crippen LogP contribution in [0.2, 0.25) is 0 Å². The van der Waals surface area contributed by atoms with Gasteiger partial charge in [0.25, 0.3) is 6.43 Å². The number of alkyl halides is 2. The monoisotopic (exact) mass is 571 g/mol. The molecule has 3 N–H and O–H groups in total. The van der Waals surface area contributed by atoms with Crippen LogP contribution in [0.1, 0.15) is 43.9 Å². The smallest absolute Gasteiger partial charge is 0.280 e. The summed E-state index contributed by atoms with van der Waals surface area (Å²) < 4.78 is 32.9. The Morgan fingerprint density at radius 1 is 1.25 bits per heavy atom. The van der Waals surface area contributed by atoms with E-state index in [1.165, 1.54) is 44.3 Å². The number of aliphatic hydroxyl groups is 1. The fraction of sp³-hybridized carbons (Fsp3) is 0.481. The van der Waals surface area contributed by atoms with Gasteiger partial charge in [0, 0.05) is 36.3 Å². The molecule has 1 saturated carbocycles. The molecule has 5 rings (SSSR count). The molecule has 2 aromatic rings. The molecule has 4 heterocycles. The van der Waals surface area contributed by atoms with E-state index in [4.69, 9.17) is 4.74 Å². The fourth-order valence-electron chi connectivity index (χ4n) is 4.54. The predicted molar refractivity (Wildman–Crippen MR) is 149 cm³/mol. The number of methoxy groups -OCH3 is 1. The van der Waals surface area contributed by atoms with Gasteiger partial charge in [-0.15, -0.1) is 0 Å². The number of nitrogens with zero attached hydrogens (tertiary/aromatic N) is 5. The predicted octanol–water partition coefficient (Wildman–Crippen LogP) is 2.86. The Hall–Kier alpha value is -3.31. The molecule has 2 aliphatic heterocycles. The van der Waals surface area contributed by atoms with Crippen molar-refractivity contribution in [3.63, 3.8) is 0 Å². The number of carbonyl (C=O) groups excluding carboxylic acids is 1. The number of carbonyl (C=O) groups is 1. The Kier molecular flexibility index (Phi) is 8.23. The molecule has 1 amide bonds. The van der Waals surface area contributed by atoms with Crippen molar-refractivity contribution in [3.8, 4) is 28.7 Å². The van der Waals surface area contributed by atoms with E-state index in [-0.39, 0.29) is 23.8 Å². The van der Waals surface area contributed by atoms with E-state index in [0.717, 1.165) is 25.8 Å². The zero-order valence-electron chi connectivity index (χ0n) is 22.4. The van der Waals surface area contributed by atoms with Gasteiger partial charge in [-0.25, -0.2) is 13.8 Å². The maximum Gasteiger partial charge on any atom is 0.280 e. The van der Waals surface area contributed by atoms with Crippen molar-refractivity contribution in [1.29, 1.82) is 0 Å². The van der Waals surface area contributed by atoms with Crippen molar-refractivity contribution in [2.75, 3.05) is 38.7 Å². The van der Waals surface area contributed by atoms with E-state index in [1.807, 2.05) is 11.9 Å². The minimum Gasteiger partial charge on any atom is -0.494 e. The Bertz CT molecular complexity index is 1370. The van der Waals surface area contributed by atoms with Crippen LogP contribution >= 0.6 is 11.8 Å². The van der Waals surface area contributed by atoms with Gasteiger partial charge in [0.2, 0.25) is 5.91 Å². The molecule has 2 unspecified atom stereocenters. The first kappa shape index (κ1) is 28.2. The van der Waals surface area contributed by atoms with Crippen LogP contribution in [0.15, 0.2) is 29.6 Å². The molecule has 0 bridgehead atoms. The van der Waals surface area contributed by atoms with Crippen LogP contribution in [-0.2, 0) is 10.5 Å². The second-order valence-electron chi connectivity index (χ2n) is 10.1. The van der Waals surface area contributed by atoms with Gasteiger partial charge >= 0.3 is 0 Å². The highest BCUT2D eigenvalue weighted by Gasteiger charge is 2.34. The average molecular weight is 572 g/mol. The Morgan fingerprint density at radius 3 is 2.77 bits per heavy atom. The lowest BCUT2D eigenvalue weighted by molar-refractivity contribution is -0.118. The molecule has 2 aromatic heterocycles. The van der Waals surface area contributed by atoms with E-state index in [2.05, 4.69) is 37.7 Å². The van der Waals surface area contributed by atoms with Crippen molar-refractivity contribution < 1.29 is 23.4 Å². The lowest BCUT2D eigenvalue weighted by Gasteiger charge is -2.31. The molecule has 1 aliphatic carbocycles. The zero-order valence-corrected chi connectivity index (χ0v) is 23.3. The lowest BCUT2D eigenvalue weighted by atomic mass is 9.94. The normalized spacial score (nSPS) is 21.3. The number of anilines is 1. The number of hydrogen-bond donors (Lipinski definition) is 3. The molecule has 0 radical (unpaired) electrons. The molecule has 2 fully saturated rings. The number of likely N-dealkylation sites (N-methyl/N-ethyl adjacent to an activating group) is 1. The topological polar surface area (TPSA) is 115 Å². The summed E-state index contributed by atoms with van der Waals surface area (Å²) in [5.41, 5.74) is 1.21. The third-order valence-corrected chi connectivity index (χ3v) is 7.70. The number of ether oxygens (including phenoxy) is 1. The molecule has 10 nitrogen and oxygen atoms in total. The summed E-state index contributed by atoms with van der Waals surface area (Å²) in [5.74, 6) is 7.09. The summed E-state index contributed by atoms with van der Waals surface area (Å²) in [4.78, 5) is 24.9. The molecule has 0 aromatic carbocycles. The van der Waals surface area contributed by atoms with Crippen molar-refractivity contribution in [2.24, 2.45) is 11.0 Å². The standard InChI is InChI=1S/C27H31F2N7O3S/c1-27(38,32-26-34-33-23(40-26)8-7-16-5-6-16)19-13-31-22(36-10-4-9-35(2)15-24(36)37)12-17(19)18-11-20(25(28)29)30-14-21(18)39-3/h11-14,16,25-26,32,34,38H,4-6,9-10,15H2,1-3H3. The molecule has 3 aliphatic rings. The summed E-state index contributed by atoms with van der Waals surface area (Å²) in [6.07, 6.45) is 2.81. The number of halogens is 2. The summed E-state index contributed by atoms with van der Waals surface area (Å²) in [7, 11) is 3.29. The third kappa shape index (κ3) is 6.36. The number of pyridine rings is 2. The molecule has 13 heteroatoms. The summed E-state index contributed by atoms with van der Waals surface area (Å²) in [6, 6.07) is 2.86. The fourth-order valence-corrected chi connectivity index (χ4v) is 5.38. The van der Waals surface area contributed by atoms with E-state index in [9.17, 15) is 18.7 Å². The minimum atomic E-state index is -2.82. The first-order valence-electron chi connectivity index (χ1n) is 13.0. The SMILES string of the molecule is COc1cnc(C(F)F)cc1-c1cc(N2CCCN(C)CC2=O)ncc1C(C)(O)NC1NN=C(C#CC2CC2)S1. The highest BCUT2D eigenvalue weighted by atomic mass is 32.2. The molecule has 0 spiro atoms. The van der Waals surface area contributed by atoms with Gasteiger partial charge in [0.05, 0.1) is 19.9 Å². The Morgan fingerprint density at radius 2 is 2.05 bits per heavy atom. The van der Waals surface area contributed by atoms with Gasteiger partial charge in [0.15, 0.2) is 5.04 Å². The Balaban J connectivity index is 1.52. The van der Waals surface area contributed by atoms with Crippen LogP contribution in [0.5, 0.6) is 5.75 Å². The largest absolute Gasteiger partial charge is 0.494 e. The van der Waals surface area contributed by atoms with Crippen molar-refractivity contribution in [3.05, 3.63) is 35.8 Å². The molecule has 40 heavy (non-hydrogen) atoms. The first-order chi connectivity index (χ1) is 19.1. The lowest BCUT2D eigenvalue weighted by Crippen LogP contribution is -2.48. The van der Waals surface area contributed by atoms with Crippen LogP contribution in [-0.4, -0.2) is 70.2 Å². The van der Waals surface area contributed by atoms with Gasteiger partial charge in [-0.1, -0.05) is 17.7 Å². The number of amides is 1. The second kappa shape index (κ2) is 11.7. The summed E-state index contributed by atoms with van der Waals surface area (Å²) in [5, 5.41) is 19.6. The molecular formula is C27H31F2N7O3S. The summed E-state index contributed by atoms with van der Waals surface area (Å²) >= 11 is 1.33. The molecule has 212 valence electrons. The van der Waals surface area contributed by atoms with Gasteiger partial charge in [-0.2, -0.15) is 5.10 Å². The number of nitrogens with one attached hydrogen (secondary N) is 2. The average Bonchev–Trinajstić information content (AvgIpc) is 3.69. The maximum atomic E-state index is 13.7. The number of hydrazone groups is 1. The third-order valence-electron chi connectivity index (χ3n) is 6.83. The van der Waals surface area contributed by atoms with Crippen LogP contribution in [0, 0.1) is 17.8 Å². The maximum absolute atomic E-state index is 13.7. The number of thioether (sulfide) groups is 1. The van der Waals surface area contributed by atoms with Gasteiger partial charge < -0.3 is 9.84 Å².